The van der Waals surface area contributed by atoms with Crippen molar-refractivity contribution in [2.24, 2.45) is 0 Å². The standard InChI is InChI=1S/C26H28N6O/c33-26(19-12-15-27-16-13-19)30-21-9-6-18(7-10-21)8-11-22-24-23(32-31-22)14-17-28-25(24)29-20-4-2-1-3-5-20/h6-7,9-10,12-17,20H,1-5,8,11H2,(H,28,29)(H,30,33)(H,31,32). The second-order valence-electron chi connectivity index (χ2n) is 8.62. The SMILES string of the molecule is O=C(Nc1ccc(CCc2n[nH]c3ccnc(NC4CCCCC4)c23)cc1)c1ccncc1. The molecule has 1 amide bonds. The first-order valence-electron chi connectivity index (χ1n) is 11.6. The highest BCUT2D eigenvalue weighted by molar-refractivity contribution is 6.04. The molecule has 168 valence electrons. The summed E-state index contributed by atoms with van der Waals surface area (Å²) in [5, 5.41) is 15.5. The first kappa shape index (κ1) is 21.1. The van der Waals surface area contributed by atoms with Crippen LogP contribution in [0.5, 0.6) is 0 Å². The van der Waals surface area contributed by atoms with Gasteiger partial charge in [-0.1, -0.05) is 31.4 Å². The third-order valence-corrected chi connectivity index (χ3v) is 6.30. The van der Waals surface area contributed by atoms with Crippen molar-refractivity contribution in [2.45, 2.75) is 51.0 Å². The van der Waals surface area contributed by atoms with Crippen LogP contribution in [0.1, 0.15) is 53.7 Å². The Hall–Kier alpha value is -3.74. The number of hydrogen-bond donors (Lipinski definition) is 3. The van der Waals surface area contributed by atoms with E-state index in [1.807, 2.05) is 24.4 Å². The maximum atomic E-state index is 12.3. The number of pyridine rings is 2. The van der Waals surface area contributed by atoms with Crippen LogP contribution in [-0.4, -0.2) is 32.1 Å². The number of anilines is 2. The Kier molecular flexibility index (Phi) is 6.28. The minimum Gasteiger partial charge on any atom is -0.367 e. The van der Waals surface area contributed by atoms with E-state index >= 15 is 0 Å². The van der Waals surface area contributed by atoms with Gasteiger partial charge in [0, 0.05) is 35.9 Å². The molecule has 1 aliphatic rings. The monoisotopic (exact) mass is 440 g/mol. The van der Waals surface area contributed by atoms with Crippen LogP contribution in [0, 0.1) is 0 Å². The zero-order valence-electron chi connectivity index (χ0n) is 18.6. The number of aryl methyl sites for hydroxylation is 2. The van der Waals surface area contributed by atoms with E-state index in [9.17, 15) is 4.79 Å². The van der Waals surface area contributed by atoms with Gasteiger partial charge in [0.05, 0.1) is 16.6 Å². The van der Waals surface area contributed by atoms with Crippen LogP contribution in [-0.2, 0) is 12.8 Å². The topological polar surface area (TPSA) is 95.6 Å². The predicted octanol–water partition coefficient (Wildman–Crippen LogP) is 5.14. The normalized spacial score (nSPS) is 14.3. The van der Waals surface area contributed by atoms with E-state index in [1.54, 1.807) is 24.5 Å². The number of H-pyrrole nitrogens is 1. The molecule has 0 spiro atoms. The van der Waals surface area contributed by atoms with Crippen molar-refractivity contribution in [3.05, 3.63) is 77.9 Å². The van der Waals surface area contributed by atoms with Gasteiger partial charge in [0.15, 0.2) is 0 Å². The van der Waals surface area contributed by atoms with Crippen LogP contribution >= 0.6 is 0 Å². The van der Waals surface area contributed by atoms with Crippen molar-refractivity contribution in [1.29, 1.82) is 0 Å². The smallest absolute Gasteiger partial charge is 0.255 e. The van der Waals surface area contributed by atoms with Gasteiger partial charge in [-0.25, -0.2) is 4.98 Å². The van der Waals surface area contributed by atoms with Crippen molar-refractivity contribution in [3.63, 3.8) is 0 Å². The zero-order chi connectivity index (χ0) is 22.5. The van der Waals surface area contributed by atoms with E-state index in [2.05, 4.69) is 42.9 Å². The number of nitrogens with zero attached hydrogens (tertiary/aromatic N) is 3. The van der Waals surface area contributed by atoms with Gasteiger partial charge < -0.3 is 10.6 Å². The van der Waals surface area contributed by atoms with Crippen molar-refractivity contribution in [2.75, 3.05) is 10.6 Å². The average molecular weight is 441 g/mol. The number of carbonyl (C=O) groups is 1. The third kappa shape index (κ3) is 5.03. The maximum absolute atomic E-state index is 12.3. The Morgan fingerprint density at radius 2 is 1.73 bits per heavy atom. The number of nitrogens with one attached hydrogen (secondary N) is 3. The molecule has 0 saturated heterocycles. The number of aromatic nitrogens is 4. The highest BCUT2D eigenvalue weighted by Crippen LogP contribution is 2.28. The van der Waals surface area contributed by atoms with E-state index in [-0.39, 0.29) is 5.91 Å². The lowest BCUT2D eigenvalue weighted by Crippen LogP contribution is -2.23. The van der Waals surface area contributed by atoms with Crippen molar-refractivity contribution < 1.29 is 4.79 Å². The quantitative estimate of drug-likeness (QED) is 0.370. The Morgan fingerprint density at radius 3 is 2.52 bits per heavy atom. The van der Waals surface area contributed by atoms with Crippen LogP contribution in [0.15, 0.2) is 61.1 Å². The van der Waals surface area contributed by atoms with E-state index in [1.165, 1.54) is 37.7 Å². The molecule has 0 aliphatic heterocycles. The molecule has 33 heavy (non-hydrogen) atoms. The highest BCUT2D eigenvalue weighted by Gasteiger charge is 2.17. The Balaban J connectivity index is 1.24. The van der Waals surface area contributed by atoms with Crippen molar-refractivity contribution in [1.82, 2.24) is 20.2 Å². The van der Waals surface area contributed by atoms with E-state index < -0.39 is 0 Å². The molecule has 1 saturated carbocycles. The van der Waals surface area contributed by atoms with Crippen LogP contribution in [0.3, 0.4) is 0 Å². The van der Waals surface area contributed by atoms with E-state index in [0.717, 1.165) is 40.9 Å². The fraction of sp³-hybridized carbons (Fsp3) is 0.308. The second kappa shape index (κ2) is 9.81. The van der Waals surface area contributed by atoms with Crippen LogP contribution < -0.4 is 10.6 Å². The lowest BCUT2D eigenvalue weighted by molar-refractivity contribution is 0.102. The molecule has 7 heteroatoms. The third-order valence-electron chi connectivity index (χ3n) is 6.30. The van der Waals surface area contributed by atoms with Gasteiger partial charge in [0.25, 0.3) is 5.91 Å². The molecule has 5 rings (SSSR count). The molecule has 3 N–H and O–H groups in total. The summed E-state index contributed by atoms with van der Waals surface area (Å²) < 4.78 is 0. The van der Waals surface area contributed by atoms with Gasteiger partial charge in [-0.05, 0) is 61.6 Å². The first-order valence-corrected chi connectivity index (χ1v) is 11.6. The average Bonchev–Trinajstić information content (AvgIpc) is 3.29. The summed E-state index contributed by atoms with van der Waals surface area (Å²) in [6.45, 7) is 0. The molecule has 0 unspecified atom stereocenters. The van der Waals surface area contributed by atoms with E-state index in [0.29, 0.717) is 11.6 Å². The van der Waals surface area contributed by atoms with Crippen LogP contribution in [0.25, 0.3) is 10.9 Å². The number of amides is 1. The van der Waals surface area contributed by atoms with Crippen LogP contribution in [0.2, 0.25) is 0 Å². The fourth-order valence-electron chi connectivity index (χ4n) is 4.49. The number of fused-ring (bicyclic) bond motifs is 1. The van der Waals surface area contributed by atoms with Gasteiger partial charge in [-0.3, -0.25) is 14.9 Å². The zero-order valence-corrected chi connectivity index (χ0v) is 18.6. The summed E-state index contributed by atoms with van der Waals surface area (Å²) in [5.74, 6) is 0.802. The minimum absolute atomic E-state index is 0.140. The Labute approximate surface area is 193 Å². The van der Waals surface area contributed by atoms with Gasteiger partial charge in [-0.15, -0.1) is 0 Å². The first-order chi connectivity index (χ1) is 16.3. The Bertz CT molecular complexity index is 1210. The number of rotatable bonds is 7. The largest absolute Gasteiger partial charge is 0.367 e. The van der Waals surface area contributed by atoms with E-state index in [4.69, 9.17) is 0 Å². The molecule has 0 atom stereocenters. The second-order valence-corrected chi connectivity index (χ2v) is 8.62. The number of benzene rings is 1. The summed E-state index contributed by atoms with van der Waals surface area (Å²) in [5.41, 5.74) is 4.61. The van der Waals surface area contributed by atoms with Gasteiger partial charge in [0.2, 0.25) is 0 Å². The highest BCUT2D eigenvalue weighted by atomic mass is 16.1. The lowest BCUT2D eigenvalue weighted by Gasteiger charge is -2.23. The molecule has 1 fully saturated rings. The fourth-order valence-corrected chi connectivity index (χ4v) is 4.49. The lowest BCUT2D eigenvalue weighted by atomic mass is 9.95. The molecule has 0 bridgehead atoms. The molecule has 1 aliphatic carbocycles. The summed E-state index contributed by atoms with van der Waals surface area (Å²) in [6.07, 6.45) is 13.0. The maximum Gasteiger partial charge on any atom is 0.255 e. The van der Waals surface area contributed by atoms with Crippen LogP contribution in [0.4, 0.5) is 11.5 Å². The number of hydrogen-bond acceptors (Lipinski definition) is 5. The van der Waals surface area contributed by atoms with Gasteiger partial charge >= 0.3 is 0 Å². The predicted molar refractivity (Wildman–Crippen MR) is 130 cm³/mol. The molecular formula is C26H28N6O. The summed E-state index contributed by atoms with van der Waals surface area (Å²) in [4.78, 5) is 20.9. The molecule has 3 heterocycles. The summed E-state index contributed by atoms with van der Waals surface area (Å²) in [7, 11) is 0. The van der Waals surface area contributed by atoms with Crippen molar-refractivity contribution in [3.8, 4) is 0 Å². The summed E-state index contributed by atoms with van der Waals surface area (Å²) in [6, 6.07) is 13.9. The summed E-state index contributed by atoms with van der Waals surface area (Å²) >= 11 is 0. The van der Waals surface area contributed by atoms with Gasteiger partial charge in [0.1, 0.15) is 5.82 Å². The minimum atomic E-state index is -0.140. The van der Waals surface area contributed by atoms with Crippen molar-refractivity contribution >= 4 is 28.3 Å². The molecule has 0 radical (unpaired) electrons. The molecular weight excluding hydrogens is 412 g/mol. The molecule has 1 aromatic carbocycles. The Morgan fingerprint density at radius 1 is 0.939 bits per heavy atom. The van der Waals surface area contributed by atoms with Gasteiger partial charge in [-0.2, -0.15) is 5.10 Å². The number of aromatic amines is 1. The molecule has 3 aromatic heterocycles. The molecule has 4 aromatic rings. The molecule has 7 nitrogen and oxygen atoms in total. The number of carbonyl (C=O) groups excluding carboxylic acids is 1.